The largest absolute Gasteiger partial charge is 0.294 e. The summed E-state index contributed by atoms with van der Waals surface area (Å²) in [5, 5.41) is 4.88. The monoisotopic (exact) mass is 230 g/mol. The third-order valence-corrected chi connectivity index (χ3v) is 2.88. The fourth-order valence-electron chi connectivity index (χ4n) is 1.34. The van der Waals surface area contributed by atoms with Gasteiger partial charge in [-0.15, -0.1) is 0 Å². The molecule has 3 N–H and O–H groups in total. The van der Waals surface area contributed by atoms with E-state index in [1.807, 2.05) is 13.8 Å². The van der Waals surface area contributed by atoms with Crippen molar-refractivity contribution >= 4 is 17.5 Å². The van der Waals surface area contributed by atoms with Crippen molar-refractivity contribution in [3.05, 3.63) is 16.4 Å². The van der Waals surface area contributed by atoms with Gasteiger partial charge in [0, 0.05) is 0 Å². The number of halogens is 1. The highest BCUT2D eigenvalue weighted by atomic mass is 35.5. The van der Waals surface area contributed by atoms with Gasteiger partial charge in [0.05, 0.1) is 28.9 Å². The summed E-state index contributed by atoms with van der Waals surface area (Å²) in [7, 11) is 0. The van der Waals surface area contributed by atoms with E-state index in [1.165, 1.54) is 0 Å². The Hall–Kier alpha value is -1.07. The highest BCUT2D eigenvalue weighted by Crippen LogP contribution is 2.19. The summed E-state index contributed by atoms with van der Waals surface area (Å²) in [6.45, 7) is 5.96. The quantitative estimate of drug-likeness (QED) is 0.458. The molecule has 1 unspecified atom stereocenters. The lowest BCUT2D eigenvalue weighted by atomic mass is 10.2. The van der Waals surface area contributed by atoms with Crippen molar-refractivity contribution in [3.8, 4) is 0 Å². The Morgan fingerprint density at radius 1 is 1.67 bits per heavy atom. The Morgan fingerprint density at radius 3 is 2.67 bits per heavy atom. The maximum Gasteiger partial charge on any atom is 0.238 e. The van der Waals surface area contributed by atoms with Crippen molar-refractivity contribution in [1.29, 1.82) is 0 Å². The van der Waals surface area contributed by atoms with Gasteiger partial charge in [-0.25, -0.2) is 5.84 Å². The van der Waals surface area contributed by atoms with Gasteiger partial charge in [0.15, 0.2) is 0 Å². The fraction of sp³-hybridized carbons (Fsp3) is 0.556. The molecule has 0 aromatic carbocycles. The zero-order valence-corrected chi connectivity index (χ0v) is 9.80. The van der Waals surface area contributed by atoms with Crippen LogP contribution in [-0.4, -0.2) is 15.7 Å². The lowest BCUT2D eigenvalue weighted by molar-refractivity contribution is -0.125. The van der Waals surface area contributed by atoms with Gasteiger partial charge < -0.3 is 0 Å². The molecule has 0 saturated carbocycles. The normalized spacial score (nSPS) is 12.6. The third-order valence-electron chi connectivity index (χ3n) is 2.33. The van der Waals surface area contributed by atoms with Crippen molar-refractivity contribution < 1.29 is 4.79 Å². The first-order valence-corrected chi connectivity index (χ1v) is 5.05. The van der Waals surface area contributed by atoms with Crippen LogP contribution >= 0.6 is 11.6 Å². The summed E-state index contributed by atoms with van der Waals surface area (Å²) in [6.07, 6.45) is 0. The van der Waals surface area contributed by atoms with E-state index in [0.29, 0.717) is 11.6 Å². The molecule has 84 valence electrons. The van der Waals surface area contributed by atoms with E-state index in [-0.39, 0.29) is 11.8 Å². The standard InChI is InChI=1S/C9H15ClN4O/c1-5(9(15)12-11)4-14-7(3)8(10)6(2)13-14/h5H,4,11H2,1-3H3,(H,12,15). The molecule has 15 heavy (non-hydrogen) atoms. The van der Waals surface area contributed by atoms with Crippen LogP contribution in [0.1, 0.15) is 18.3 Å². The molecule has 0 aliphatic carbocycles. The third kappa shape index (κ3) is 2.49. The smallest absolute Gasteiger partial charge is 0.238 e. The van der Waals surface area contributed by atoms with Crippen LogP contribution in [0.4, 0.5) is 0 Å². The lowest BCUT2D eigenvalue weighted by Crippen LogP contribution is -2.36. The van der Waals surface area contributed by atoms with Crippen LogP contribution in [0.3, 0.4) is 0 Å². The summed E-state index contributed by atoms with van der Waals surface area (Å²) in [5.74, 6) is 4.60. The molecule has 0 saturated heterocycles. The molecule has 1 aromatic heterocycles. The molecule has 1 heterocycles. The lowest BCUT2D eigenvalue weighted by Gasteiger charge is -2.10. The van der Waals surface area contributed by atoms with Gasteiger partial charge >= 0.3 is 0 Å². The molecule has 6 heteroatoms. The second-order valence-corrected chi connectivity index (χ2v) is 3.95. The Kier molecular flexibility index (Phi) is 3.71. The average Bonchev–Trinajstić information content (AvgIpc) is 2.45. The van der Waals surface area contributed by atoms with E-state index in [4.69, 9.17) is 17.4 Å². The summed E-state index contributed by atoms with van der Waals surface area (Å²) >= 11 is 5.99. The topological polar surface area (TPSA) is 72.9 Å². The number of hydrazine groups is 1. The molecule has 0 aliphatic rings. The number of aromatic nitrogens is 2. The Morgan fingerprint density at radius 2 is 2.27 bits per heavy atom. The molecule has 0 fully saturated rings. The first-order chi connectivity index (χ1) is 6.97. The molecule has 1 aromatic rings. The van der Waals surface area contributed by atoms with E-state index in [9.17, 15) is 4.79 Å². The minimum Gasteiger partial charge on any atom is -0.294 e. The van der Waals surface area contributed by atoms with Crippen LogP contribution in [0.2, 0.25) is 5.02 Å². The highest BCUT2D eigenvalue weighted by molar-refractivity contribution is 6.31. The number of rotatable bonds is 3. The van der Waals surface area contributed by atoms with Crippen molar-refractivity contribution in [2.24, 2.45) is 11.8 Å². The molecule has 0 bridgehead atoms. The number of carbonyl (C=O) groups excluding carboxylic acids is 1. The van der Waals surface area contributed by atoms with Crippen molar-refractivity contribution in [2.45, 2.75) is 27.3 Å². The molecule has 5 nitrogen and oxygen atoms in total. The Bertz CT molecular complexity index is 374. The van der Waals surface area contributed by atoms with E-state index in [1.54, 1.807) is 11.6 Å². The zero-order valence-electron chi connectivity index (χ0n) is 9.04. The predicted molar refractivity (Wildman–Crippen MR) is 58.2 cm³/mol. The van der Waals surface area contributed by atoms with Crippen LogP contribution in [0, 0.1) is 19.8 Å². The fourth-order valence-corrected chi connectivity index (χ4v) is 1.47. The number of hydrogen-bond acceptors (Lipinski definition) is 3. The molecule has 1 rings (SSSR count). The number of nitrogens with zero attached hydrogens (tertiary/aromatic N) is 2. The Labute approximate surface area is 93.6 Å². The number of nitrogens with two attached hydrogens (primary N) is 1. The summed E-state index contributed by atoms with van der Waals surface area (Å²) in [5.41, 5.74) is 3.75. The first kappa shape index (κ1) is 12.0. The summed E-state index contributed by atoms with van der Waals surface area (Å²) in [6, 6.07) is 0. The van der Waals surface area contributed by atoms with Crippen LogP contribution in [0.25, 0.3) is 0 Å². The van der Waals surface area contributed by atoms with Gasteiger partial charge in [-0.2, -0.15) is 5.10 Å². The molecular formula is C9H15ClN4O. The number of hydrogen-bond donors (Lipinski definition) is 2. The van der Waals surface area contributed by atoms with Gasteiger partial charge in [-0.3, -0.25) is 14.9 Å². The van der Waals surface area contributed by atoms with E-state index >= 15 is 0 Å². The maximum absolute atomic E-state index is 11.2. The molecule has 1 atom stereocenters. The van der Waals surface area contributed by atoms with E-state index in [0.717, 1.165) is 11.4 Å². The van der Waals surface area contributed by atoms with E-state index in [2.05, 4.69) is 10.5 Å². The average molecular weight is 231 g/mol. The first-order valence-electron chi connectivity index (χ1n) is 4.67. The van der Waals surface area contributed by atoms with Gasteiger partial charge in [-0.05, 0) is 13.8 Å². The minimum atomic E-state index is -0.232. The number of nitrogens with one attached hydrogen (secondary N) is 1. The van der Waals surface area contributed by atoms with Crippen molar-refractivity contribution in [1.82, 2.24) is 15.2 Å². The van der Waals surface area contributed by atoms with Gasteiger partial charge in [0.1, 0.15) is 0 Å². The van der Waals surface area contributed by atoms with Crippen LogP contribution in [0.15, 0.2) is 0 Å². The second-order valence-electron chi connectivity index (χ2n) is 3.58. The Balaban J connectivity index is 2.81. The van der Waals surface area contributed by atoms with Gasteiger partial charge in [0.25, 0.3) is 0 Å². The van der Waals surface area contributed by atoms with Crippen LogP contribution < -0.4 is 11.3 Å². The van der Waals surface area contributed by atoms with E-state index < -0.39 is 0 Å². The van der Waals surface area contributed by atoms with Crippen molar-refractivity contribution in [2.75, 3.05) is 0 Å². The second kappa shape index (κ2) is 4.63. The predicted octanol–water partition coefficient (Wildman–Crippen LogP) is 0.779. The molecular weight excluding hydrogens is 216 g/mol. The van der Waals surface area contributed by atoms with Gasteiger partial charge in [-0.1, -0.05) is 18.5 Å². The highest BCUT2D eigenvalue weighted by Gasteiger charge is 2.16. The minimum absolute atomic E-state index is 0.210. The number of carbonyl (C=O) groups is 1. The molecule has 0 radical (unpaired) electrons. The van der Waals surface area contributed by atoms with Crippen LogP contribution in [-0.2, 0) is 11.3 Å². The SMILES string of the molecule is Cc1nn(CC(C)C(=O)NN)c(C)c1Cl. The summed E-state index contributed by atoms with van der Waals surface area (Å²) < 4.78 is 1.72. The maximum atomic E-state index is 11.2. The van der Waals surface area contributed by atoms with Crippen molar-refractivity contribution in [3.63, 3.8) is 0 Å². The molecule has 0 aliphatic heterocycles. The number of aryl methyl sites for hydroxylation is 1. The molecule has 1 amide bonds. The zero-order chi connectivity index (χ0) is 11.6. The molecule has 0 spiro atoms. The summed E-state index contributed by atoms with van der Waals surface area (Å²) in [4.78, 5) is 11.2. The van der Waals surface area contributed by atoms with Gasteiger partial charge in [0.2, 0.25) is 5.91 Å². The number of amides is 1. The van der Waals surface area contributed by atoms with Crippen LogP contribution in [0.5, 0.6) is 0 Å².